The Morgan fingerprint density at radius 1 is 1.02 bits per heavy atom. The van der Waals surface area contributed by atoms with Crippen LogP contribution in [0.2, 0.25) is 0 Å². The number of unbranched alkanes of at least 4 members (excludes halogenated alkanes) is 3. The summed E-state index contributed by atoms with van der Waals surface area (Å²) in [5.41, 5.74) is 17.3. The highest BCUT2D eigenvalue weighted by Crippen LogP contribution is 2.31. The number of ketones is 1. The van der Waals surface area contributed by atoms with E-state index in [2.05, 4.69) is 69.5 Å². The van der Waals surface area contributed by atoms with Crippen molar-refractivity contribution in [2.75, 3.05) is 24.5 Å². The Labute approximate surface area is 345 Å². The number of nitrogens with zero attached hydrogens (tertiary/aromatic N) is 6. The molecule has 0 radical (unpaired) electrons. The van der Waals surface area contributed by atoms with Crippen LogP contribution in [-0.2, 0) is 11.2 Å². The molecule has 57 heavy (non-hydrogen) atoms. The van der Waals surface area contributed by atoms with Gasteiger partial charge in [-0.3, -0.25) is 4.79 Å². The number of pyridine rings is 2. The minimum absolute atomic E-state index is 0.127. The first kappa shape index (κ1) is 50.4. The minimum Gasteiger partial charge on any atom is -0.457 e. The molecule has 0 saturated carbocycles. The molecule has 316 valence electrons. The first-order chi connectivity index (χ1) is 27.4. The van der Waals surface area contributed by atoms with Gasteiger partial charge in [0, 0.05) is 25.4 Å². The Balaban J connectivity index is 0.000000713. The Kier molecular flexibility index (Phi) is 25.5. The van der Waals surface area contributed by atoms with Crippen molar-refractivity contribution in [3.05, 3.63) is 83.5 Å². The Hall–Kier alpha value is -4.57. The largest absolute Gasteiger partial charge is 0.457 e. The van der Waals surface area contributed by atoms with E-state index < -0.39 is 0 Å². The lowest BCUT2D eigenvalue weighted by molar-refractivity contribution is -0.112. The van der Waals surface area contributed by atoms with Gasteiger partial charge in [0.15, 0.2) is 11.4 Å². The maximum absolute atomic E-state index is 10.1. The normalized spacial score (nSPS) is 13.5. The van der Waals surface area contributed by atoms with Gasteiger partial charge >= 0.3 is 0 Å². The molecule has 4 aromatic rings. The van der Waals surface area contributed by atoms with Gasteiger partial charge in [-0.25, -0.2) is 19.5 Å². The lowest BCUT2D eigenvalue weighted by atomic mass is 10.0. The van der Waals surface area contributed by atoms with Crippen LogP contribution in [0.15, 0.2) is 66.1 Å². The molecule has 10 nitrogen and oxygen atoms in total. The summed E-state index contributed by atoms with van der Waals surface area (Å²) in [6.45, 7) is 27.9. The second-order valence-electron chi connectivity index (χ2n) is 14.8. The van der Waals surface area contributed by atoms with Crippen LogP contribution in [0.4, 0.5) is 11.5 Å². The standard InChI is InChI=1S/C30H37N7O.C6H10O.C5H12.C4H11N.C2H6/c1-5-6-7-13-36-18-20(2)8-9-23-15-22(4)28(35-30(23)36)29(31)34-24-10-11-26(21(3)16-24)38-25-12-14-37-27(17-25)32-19-33-37;1-3-4-5-6(2)7;1-4-5(2)3;1-2-3-4-5;1-2/h10-12,14-17,19-20H,5-9,13,18H2,1-4H3,(H2,31,34);4-5H,3H2,1-2H3;5H,4H2,1-3H3;2-5H2,1H3;1-2H3/b;5-4+;;;. The molecule has 0 aliphatic carbocycles. The van der Waals surface area contributed by atoms with Crippen LogP contribution in [0.1, 0.15) is 143 Å². The summed E-state index contributed by atoms with van der Waals surface area (Å²) in [4.78, 5) is 26.7. The number of fused-ring (bicyclic) bond motifs is 2. The van der Waals surface area contributed by atoms with E-state index in [-0.39, 0.29) is 5.78 Å². The molecule has 1 aliphatic heterocycles. The monoisotopic (exact) mass is 785 g/mol. The van der Waals surface area contributed by atoms with Gasteiger partial charge in [-0.15, -0.1) is 0 Å². The molecule has 10 heteroatoms. The fraction of sp³-hybridized carbons (Fsp3) is 0.553. The maximum atomic E-state index is 10.1. The van der Waals surface area contributed by atoms with E-state index in [1.165, 1.54) is 56.8 Å². The molecule has 4 N–H and O–H groups in total. The van der Waals surface area contributed by atoms with E-state index in [0.29, 0.717) is 17.5 Å². The molecule has 1 aliphatic rings. The van der Waals surface area contributed by atoms with E-state index in [1.807, 2.05) is 70.3 Å². The van der Waals surface area contributed by atoms with Crippen molar-refractivity contribution >= 4 is 28.8 Å². The fourth-order valence-corrected chi connectivity index (χ4v) is 5.57. The zero-order valence-electron chi connectivity index (χ0n) is 37.6. The SMILES string of the molecule is CC.CC/C=C/C(C)=O.CCC(C)C.CCCCCN1CC(C)CCc2cc(C)c(C(N)=Nc3ccc(Oc4ccn5ncnc5c4)c(C)c3)nc21.CCCCN. The van der Waals surface area contributed by atoms with Gasteiger partial charge in [0.05, 0.1) is 5.69 Å². The van der Waals surface area contributed by atoms with Crippen molar-refractivity contribution in [1.82, 2.24) is 19.6 Å². The highest BCUT2D eigenvalue weighted by Gasteiger charge is 2.23. The predicted octanol–water partition coefficient (Wildman–Crippen LogP) is 11.5. The Morgan fingerprint density at radius 2 is 1.72 bits per heavy atom. The fourth-order valence-electron chi connectivity index (χ4n) is 5.57. The zero-order chi connectivity index (χ0) is 42.8. The van der Waals surface area contributed by atoms with E-state index in [0.717, 1.165) is 78.1 Å². The molecule has 0 fully saturated rings. The third kappa shape index (κ3) is 19.0. The average Bonchev–Trinajstić information content (AvgIpc) is 3.61. The lowest BCUT2D eigenvalue weighted by Gasteiger charge is -2.26. The van der Waals surface area contributed by atoms with Crippen LogP contribution >= 0.6 is 0 Å². The average molecular weight is 785 g/mol. The van der Waals surface area contributed by atoms with Crippen LogP contribution in [-0.4, -0.2) is 50.8 Å². The molecule has 0 amide bonds. The van der Waals surface area contributed by atoms with E-state index in [1.54, 1.807) is 17.5 Å². The zero-order valence-corrected chi connectivity index (χ0v) is 37.6. The van der Waals surface area contributed by atoms with Gasteiger partial charge in [-0.1, -0.05) is 100 Å². The number of amidine groups is 1. The maximum Gasteiger partial charge on any atom is 0.158 e. The van der Waals surface area contributed by atoms with Gasteiger partial charge in [-0.05, 0) is 118 Å². The molecule has 1 atom stereocenters. The van der Waals surface area contributed by atoms with Crippen molar-refractivity contribution in [2.24, 2.45) is 28.3 Å². The number of allylic oxidation sites excluding steroid dienone is 2. The summed E-state index contributed by atoms with van der Waals surface area (Å²) in [5, 5.41) is 4.12. The third-order valence-electron chi connectivity index (χ3n) is 9.13. The number of benzene rings is 1. The number of carbonyl (C=O) groups excluding carboxylic acids is 1. The molecule has 4 heterocycles. The molecule has 1 aromatic carbocycles. The highest BCUT2D eigenvalue weighted by molar-refractivity contribution is 5.99. The predicted molar refractivity (Wildman–Crippen MR) is 243 cm³/mol. The third-order valence-corrected chi connectivity index (χ3v) is 9.13. The first-order valence-electron chi connectivity index (χ1n) is 21.4. The number of carbonyl (C=O) groups is 1. The number of aryl methyl sites for hydroxylation is 3. The molecule has 0 saturated heterocycles. The first-order valence-corrected chi connectivity index (χ1v) is 21.4. The number of hydrogen-bond acceptors (Lipinski definition) is 8. The summed E-state index contributed by atoms with van der Waals surface area (Å²) in [7, 11) is 0. The van der Waals surface area contributed by atoms with Gasteiger partial charge in [0.25, 0.3) is 0 Å². The molecule has 1 unspecified atom stereocenters. The Bertz CT molecular complexity index is 1780. The second-order valence-corrected chi connectivity index (χ2v) is 14.8. The van der Waals surface area contributed by atoms with E-state index in [4.69, 9.17) is 26.2 Å². The molecule has 0 spiro atoms. The lowest BCUT2D eigenvalue weighted by Crippen LogP contribution is -2.30. The second kappa shape index (κ2) is 28.8. The summed E-state index contributed by atoms with van der Waals surface area (Å²) < 4.78 is 7.80. The number of nitrogens with two attached hydrogens (primary N) is 2. The molecular weight excluding hydrogens is 709 g/mol. The van der Waals surface area contributed by atoms with Crippen molar-refractivity contribution < 1.29 is 9.53 Å². The molecule has 3 aromatic heterocycles. The number of hydrogen-bond donors (Lipinski definition) is 2. The van der Waals surface area contributed by atoms with Crippen LogP contribution in [0, 0.1) is 25.7 Å². The van der Waals surface area contributed by atoms with Gasteiger partial charge in [0.2, 0.25) is 0 Å². The quantitative estimate of drug-likeness (QED) is 0.0591. The van der Waals surface area contributed by atoms with Crippen molar-refractivity contribution in [2.45, 2.75) is 141 Å². The summed E-state index contributed by atoms with van der Waals surface area (Å²) in [6.07, 6.45) is 17.3. The number of aliphatic imine (C=N–C) groups is 1. The summed E-state index contributed by atoms with van der Waals surface area (Å²) in [6, 6.07) is 11.8. The van der Waals surface area contributed by atoms with E-state index in [9.17, 15) is 4.79 Å². The van der Waals surface area contributed by atoms with Gasteiger partial charge in [-0.2, -0.15) is 5.10 Å². The summed E-state index contributed by atoms with van der Waals surface area (Å²) in [5.74, 6) is 4.61. The van der Waals surface area contributed by atoms with Crippen molar-refractivity contribution in [3.63, 3.8) is 0 Å². The molecular formula is C47H76N8O2. The smallest absolute Gasteiger partial charge is 0.158 e. The van der Waals surface area contributed by atoms with E-state index >= 15 is 0 Å². The minimum atomic E-state index is 0.127. The number of ether oxygens (including phenoxy) is 1. The number of anilines is 1. The van der Waals surface area contributed by atoms with Crippen LogP contribution in [0.3, 0.4) is 0 Å². The van der Waals surface area contributed by atoms with Crippen LogP contribution in [0.25, 0.3) is 5.65 Å². The summed E-state index contributed by atoms with van der Waals surface area (Å²) >= 11 is 0. The van der Waals surface area contributed by atoms with Gasteiger partial charge < -0.3 is 21.1 Å². The molecule has 0 bridgehead atoms. The topological polar surface area (TPSA) is 137 Å². The number of aromatic nitrogens is 4. The van der Waals surface area contributed by atoms with Crippen molar-refractivity contribution in [3.8, 4) is 11.5 Å². The van der Waals surface area contributed by atoms with Gasteiger partial charge in [0.1, 0.15) is 35.2 Å². The van der Waals surface area contributed by atoms with Crippen molar-refractivity contribution in [1.29, 1.82) is 0 Å². The van der Waals surface area contributed by atoms with Crippen LogP contribution in [0.5, 0.6) is 11.5 Å². The Morgan fingerprint density at radius 3 is 2.28 bits per heavy atom. The van der Waals surface area contributed by atoms with Crippen LogP contribution < -0.4 is 21.1 Å². The number of rotatable bonds is 13. The molecule has 5 rings (SSSR count). The highest BCUT2D eigenvalue weighted by atomic mass is 16.5.